The number of carbonyl (C=O) groups is 2. The lowest BCUT2D eigenvalue weighted by Gasteiger charge is -2.37. The molecule has 0 aromatic heterocycles. The van der Waals surface area contributed by atoms with Crippen molar-refractivity contribution in [3.63, 3.8) is 0 Å². The van der Waals surface area contributed by atoms with E-state index in [9.17, 15) is 14.7 Å². The summed E-state index contributed by atoms with van der Waals surface area (Å²) < 4.78 is 5.76. The van der Waals surface area contributed by atoms with E-state index in [0.29, 0.717) is 25.1 Å². The summed E-state index contributed by atoms with van der Waals surface area (Å²) in [6.45, 7) is 5.97. The van der Waals surface area contributed by atoms with Crippen molar-refractivity contribution in [2.75, 3.05) is 5.32 Å². The molecule has 5 nitrogen and oxygen atoms in total. The minimum absolute atomic E-state index is 0.132. The number of amides is 1. The average Bonchev–Trinajstić information content (AvgIpc) is 2.92. The Bertz CT molecular complexity index is 845. The third-order valence-electron chi connectivity index (χ3n) is 6.38. The SMILES string of the molecule is CC1(C)C(C(=O)Nc2ccc(OCc3ccccc3)cc2)CC[C@]1(C)C(=O)O. The van der Waals surface area contributed by atoms with Gasteiger partial charge in [0.2, 0.25) is 5.91 Å². The van der Waals surface area contributed by atoms with Gasteiger partial charge in [-0.05, 0) is 55.0 Å². The molecule has 2 aromatic rings. The standard InChI is InChI=1S/C23H27NO4/c1-22(2)19(13-14-23(22,3)21(26)27)20(25)24-17-9-11-18(12-10-17)28-15-16-7-5-4-6-8-16/h4-12,19H,13-15H2,1-3H3,(H,24,25)(H,26,27)/t19?,23-/m1/s1. The number of carboxylic acids is 1. The summed E-state index contributed by atoms with van der Waals surface area (Å²) in [5.41, 5.74) is 0.243. The highest BCUT2D eigenvalue weighted by atomic mass is 16.5. The second kappa shape index (κ2) is 7.66. The number of benzene rings is 2. The average molecular weight is 381 g/mol. The molecular weight excluding hydrogens is 354 g/mol. The van der Waals surface area contributed by atoms with Crippen molar-refractivity contribution in [1.82, 2.24) is 0 Å². The normalized spacial score (nSPS) is 23.2. The lowest BCUT2D eigenvalue weighted by atomic mass is 9.65. The zero-order valence-corrected chi connectivity index (χ0v) is 16.6. The molecule has 2 atom stereocenters. The van der Waals surface area contributed by atoms with Gasteiger partial charge in [-0.15, -0.1) is 0 Å². The fourth-order valence-corrected chi connectivity index (χ4v) is 3.95. The second-order valence-electron chi connectivity index (χ2n) is 8.24. The van der Waals surface area contributed by atoms with Gasteiger partial charge in [-0.2, -0.15) is 0 Å². The molecule has 1 aliphatic carbocycles. The van der Waals surface area contributed by atoms with E-state index in [4.69, 9.17) is 4.74 Å². The summed E-state index contributed by atoms with van der Waals surface area (Å²) in [7, 11) is 0. The number of hydrogen-bond acceptors (Lipinski definition) is 3. The van der Waals surface area contributed by atoms with Gasteiger partial charge in [0.15, 0.2) is 0 Å². The maximum atomic E-state index is 12.8. The van der Waals surface area contributed by atoms with Crippen molar-refractivity contribution in [3.05, 3.63) is 60.2 Å². The van der Waals surface area contributed by atoms with Gasteiger partial charge in [-0.25, -0.2) is 0 Å². The van der Waals surface area contributed by atoms with E-state index < -0.39 is 16.8 Å². The summed E-state index contributed by atoms with van der Waals surface area (Å²) >= 11 is 0. The van der Waals surface area contributed by atoms with Crippen LogP contribution in [0.4, 0.5) is 5.69 Å². The number of hydrogen-bond donors (Lipinski definition) is 2. The van der Waals surface area contributed by atoms with Crippen LogP contribution in [0.15, 0.2) is 54.6 Å². The number of rotatable bonds is 6. The van der Waals surface area contributed by atoms with Crippen LogP contribution in [0.3, 0.4) is 0 Å². The summed E-state index contributed by atoms with van der Waals surface area (Å²) in [5, 5.41) is 12.5. The van der Waals surface area contributed by atoms with Crippen LogP contribution in [0.1, 0.15) is 39.2 Å². The van der Waals surface area contributed by atoms with Crippen LogP contribution in [0.2, 0.25) is 0 Å². The first-order valence-corrected chi connectivity index (χ1v) is 9.55. The number of nitrogens with one attached hydrogen (secondary N) is 1. The lowest BCUT2D eigenvalue weighted by Crippen LogP contribution is -2.43. The van der Waals surface area contributed by atoms with Crippen LogP contribution in [0.25, 0.3) is 0 Å². The molecule has 1 fully saturated rings. The Labute approximate surface area is 165 Å². The molecule has 0 aliphatic heterocycles. The molecule has 0 saturated heterocycles. The Morgan fingerprint density at radius 2 is 1.71 bits per heavy atom. The number of ether oxygens (including phenoxy) is 1. The zero-order valence-electron chi connectivity index (χ0n) is 16.6. The summed E-state index contributed by atoms with van der Waals surface area (Å²) in [6.07, 6.45) is 1.07. The largest absolute Gasteiger partial charge is 0.489 e. The topological polar surface area (TPSA) is 75.6 Å². The maximum Gasteiger partial charge on any atom is 0.309 e. The van der Waals surface area contributed by atoms with Crippen LogP contribution >= 0.6 is 0 Å². The fourth-order valence-electron chi connectivity index (χ4n) is 3.95. The second-order valence-corrected chi connectivity index (χ2v) is 8.24. The lowest BCUT2D eigenvalue weighted by molar-refractivity contribution is -0.154. The molecular formula is C23H27NO4. The van der Waals surface area contributed by atoms with Gasteiger partial charge in [0.1, 0.15) is 12.4 Å². The first kappa shape index (κ1) is 19.9. The molecule has 28 heavy (non-hydrogen) atoms. The molecule has 1 aliphatic rings. The Hall–Kier alpha value is -2.82. The summed E-state index contributed by atoms with van der Waals surface area (Å²) in [5.74, 6) is -0.593. The van der Waals surface area contributed by atoms with E-state index >= 15 is 0 Å². The molecule has 0 spiro atoms. The first-order valence-electron chi connectivity index (χ1n) is 9.55. The molecule has 0 radical (unpaired) electrons. The minimum Gasteiger partial charge on any atom is -0.489 e. The van der Waals surface area contributed by atoms with Crippen molar-refractivity contribution in [1.29, 1.82) is 0 Å². The van der Waals surface area contributed by atoms with Crippen molar-refractivity contribution >= 4 is 17.6 Å². The van der Waals surface area contributed by atoms with Gasteiger partial charge in [-0.1, -0.05) is 44.2 Å². The molecule has 1 saturated carbocycles. The van der Waals surface area contributed by atoms with E-state index in [0.717, 1.165) is 11.3 Å². The zero-order chi connectivity index (χ0) is 20.4. The predicted molar refractivity (Wildman–Crippen MR) is 108 cm³/mol. The van der Waals surface area contributed by atoms with Gasteiger partial charge in [0.25, 0.3) is 0 Å². The quantitative estimate of drug-likeness (QED) is 0.758. The molecule has 2 aromatic carbocycles. The molecule has 1 amide bonds. The van der Waals surface area contributed by atoms with E-state index in [1.165, 1.54) is 0 Å². The number of carboxylic acid groups (broad SMARTS) is 1. The van der Waals surface area contributed by atoms with E-state index in [2.05, 4.69) is 5.32 Å². The van der Waals surface area contributed by atoms with E-state index in [-0.39, 0.29) is 11.8 Å². The van der Waals surface area contributed by atoms with E-state index in [1.54, 1.807) is 19.1 Å². The fraction of sp³-hybridized carbons (Fsp3) is 0.391. The predicted octanol–water partition coefficient (Wildman–Crippen LogP) is 4.73. The Balaban J connectivity index is 1.61. The van der Waals surface area contributed by atoms with E-state index in [1.807, 2.05) is 56.3 Å². The van der Waals surface area contributed by atoms with Gasteiger partial charge in [0.05, 0.1) is 5.41 Å². The third-order valence-corrected chi connectivity index (χ3v) is 6.38. The van der Waals surface area contributed by atoms with Crippen LogP contribution in [0.5, 0.6) is 5.75 Å². The molecule has 0 heterocycles. The van der Waals surface area contributed by atoms with Crippen LogP contribution < -0.4 is 10.1 Å². The molecule has 5 heteroatoms. The van der Waals surface area contributed by atoms with Crippen LogP contribution in [-0.4, -0.2) is 17.0 Å². The molecule has 2 N–H and O–H groups in total. The highest BCUT2D eigenvalue weighted by molar-refractivity contribution is 5.94. The number of carbonyl (C=O) groups excluding carboxylic acids is 1. The van der Waals surface area contributed by atoms with Crippen molar-refractivity contribution < 1.29 is 19.4 Å². The van der Waals surface area contributed by atoms with Crippen LogP contribution in [-0.2, 0) is 16.2 Å². The van der Waals surface area contributed by atoms with Gasteiger partial charge >= 0.3 is 5.97 Å². The molecule has 3 rings (SSSR count). The maximum absolute atomic E-state index is 12.8. The molecule has 148 valence electrons. The van der Waals surface area contributed by atoms with Crippen molar-refractivity contribution in [2.24, 2.45) is 16.7 Å². The van der Waals surface area contributed by atoms with Crippen molar-refractivity contribution in [3.8, 4) is 5.75 Å². The van der Waals surface area contributed by atoms with Crippen molar-refractivity contribution in [2.45, 2.75) is 40.2 Å². The number of aliphatic carboxylic acids is 1. The Kier molecular flexibility index (Phi) is 5.45. The van der Waals surface area contributed by atoms with Gasteiger partial charge in [0, 0.05) is 11.6 Å². The highest BCUT2D eigenvalue weighted by Gasteiger charge is 2.58. The molecule has 0 bridgehead atoms. The van der Waals surface area contributed by atoms with Crippen LogP contribution in [0, 0.1) is 16.7 Å². The third kappa shape index (κ3) is 3.75. The monoisotopic (exact) mass is 381 g/mol. The van der Waals surface area contributed by atoms with Gasteiger partial charge < -0.3 is 15.2 Å². The van der Waals surface area contributed by atoms with Gasteiger partial charge in [-0.3, -0.25) is 9.59 Å². The Morgan fingerprint density at radius 3 is 2.29 bits per heavy atom. The summed E-state index contributed by atoms with van der Waals surface area (Å²) in [4.78, 5) is 24.5. The summed E-state index contributed by atoms with van der Waals surface area (Å²) in [6, 6.07) is 17.2. The Morgan fingerprint density at radius 1 is 1.07 bits per heavy atom. The smallest absolute Gasteiger partial charge is 0.309 e. The first-order chi connectivity index (χ1) is 13.2. The minimum atomic E-state index is -0.899. The molecule has 1 unspecified atom stereocenters. The highest BCUT2D eigenvalue weighted by Crippen LogP contribution is 2.56. The number of anilines is 1.